The fraction of sp³-hybridized carbons (Fsp3) is 0.400. The van der Waals surface area contributed by atoms with Crippen molar-refractivity contribution in [3.05, 3.63) is 16.8 Å². The number of fused-ring (bicyclic) bond motifs is 1. The van der Waals surface area contributed by atoms with Crippen LogP contribution < -0.4 is 4.90 Å². The van der Waals surface area contributed by atoms with Crippen molar-refractivity contribution in [2.24, 2.45) is 0 Å². The average molecular weight is 286 g/mol. The maximum absolute atomic E-state index is 6.00. The fourth-order valence-corrected chi connectivity index (χ4v) is 2.21. The van der Waals surface area contributed by atoms with Crippen LogP contribution >= 0.6 is 23.2 Å². The summed E-state index contributed by atoms with van der Waals surface area (Å²) in [5.41, 5.74) is 1.09. The van der Waals surface area contributed by atoms with E-state index in [0.29, 0.717) is 30.1 Å². The van der Waals surface area contributed by atoms with Crippen molar-refractivity contribution in [1.82, 2.24) is 19.9 Å². The smallest absolute Gasteiger partial charge is 0.225 e. The first-order valence-electron chi connectivity index (χ1n) is 5.42. The Kier molecular flexibility index (Phi) is 3.15. The van der Waals surface area contributed by atoms with Crippen molar-refractivity contribution in [2.45, 2.75) is 0 Å². The predicted molar refractivity (Wildman–Crippen MR) is 68.2 cm³/mol. The Bertz CT molecular complexity index is 588. The average Bonchev–Trinajstić information content (AvgIpc) is 2.40. The molecule has 0 N–H and O–H groups in total. The Hall–Kier alpha value is -1.24. The molecule has 1 fully saturated rings. The molecule has 1 aliphatic rings. The van der Waals surface area contributed by atoms with Gasteiger partial charge in [-0.15, -0.1) is 0 Å². The van der Waals surface area contributed by atoms with Crippen LogP contribution in [-0.4, -0.2) is 46.2 Å². The Morgan fingerprint density at radius 1 is 1.06 bits per heavy atom. The molecule has 18 heavy (non-hydrogen) atoms. The minimum absolute atomic E-state index is 0.140. The molecule has 0 saturated carbocycles. The zero-order chi connectivity index (χ0) is 12.5. The van der Waals surface area contributed by atoms with Gasteiger partial charge in [0.15, 0.2) is 11.0 Å². The first kappa shape index (κ1) is 11.8. The van der Waals surface area contributed by atoms with Crippen molar-refractivity contribution in [1.29, 1.82) is 0 Å². The summed E-state index contributed by atoms with van der Waals surface area (Å²) >= 11 is 11.9. The summed E-state index contributed by atoms with van der Waals surface area (Å²) in [6.45, 7) is 2.79. The molecule has 1 aliphatic heterocycles. The van der Waals surface area contributed by atoms with Gasteiger partial charge >= 0.3 is 0 Å². The first-order chi connectivity index (χ1) is 8.75. The molecule has 3 heterocycles. The van der Waals surface area contributed by atoms with Gasteiger partial charge in [-0.3, -0.25) is 0 Å². The molecule has 0 bridgehead atoms. The van der Waals surface area contributed by atoms with E-state index in [-0.39, 0.29) is 10.4 Å². The van der Waals surface area contributed by atoms with Crippen LogP contribution in [0.1, 0.15) is 0 Å². The third-order valence-corrected chi connectivity index (χ3v) is 3.15. The molecule has 1 saturated heterocycles. The molecular weight excluding hydrogens is 277 g/mol. The van der Waals surface area contributed by atoms with Gasteiger partial charge in [0.25, 0.3) is 0 Å². The van der Waals surface area contributed by atoms with E-state index in [1.807, 2.05) is 0 Å². The lowest BCUT2D eigenvalue weighted by Crippen LogP contribution is -2.37. The van der Waals surface area contributed by atoms with Crippen molar-refractivity contribution in [3.8, 4) is 0 Å². The second-order valence-corrected chi connectivity index (χ2v) is 4.47. The molecule has 0 spiro atoms. The van der Waals surface area contributed by atoms with Gasteiger partial charge in [-0.25, -0.2) is 15.0 Å². The van der Waals surface area contributed by atoms with E-state index >= 15 is 0 Å². The first-order valence-corrected chi connectivity index (χ1v) is 6.18. The van der Waals surface area contributed by atoms with Crippen molar-refractivity contribution >= 4 is 40.1 Å². The van der Waals surface area contributed by atoms with Crippen LogP contribution in [0.4, 0.5) is 5.82 Å². The largest absolute Gasteiger partial charge is 0.378 e. The highest BCUT2D eigenvalue weighted by Crippen LogP contribution is 2.27. The normalized spacial score (nSPS) is 16.2. The fourth-order valence-electron chi connectivity index (χ4n) is 1.87. The summed E-state index contributed by atoms with van der Waals surface area (Å²) in [5, 5.41) is 0.416. The van der Waals surface area contributed by atoms with Gasteiger partial charge in [0.2, 0.25) is 5.28 Å². The van der Waals surface area contributed by atoms with E-state index in [4.69, 9.17) is 27.9 Å². The highest BCUT2D eigenvalue weighted by Gasteiger charge is 2.19. The maximum Gasteiger partial charge on any atom is 0.225 e. The Morgan fingerprint density at radius 2 is 1.83 bits per heavy atom. The van der Waals surface area contributed by atoms with Gasteiger partial charge in [-0.1, -0.05) is 11.6 Å². The Balaban J connectivity index is 2.18. The highest BCUT2D eigenvalue weighted by molar-refractivity contribution is 6.34. The molecule has 0 amide bonds. The van der Waals surface area contributed by atoms with Crippen molar-refractivity contribution in [2.75, 3.05) is 31.2 Å². The number of morpholine rings is 1. The van der Waals surface area contributed by atoms with Crippen LogP contribution in [0, 0.1) is 0 Å². The second kappa shape index (κ2) is 4.79. The molecule has 2 aromatic rings. The molecule has 0 aromatic carbocycles. The summed E-state index contributed by atoms with van der Waals surface area (Å²) in [7, 11) is 0. The molecule has 0 unspecified atom stereocenters. The van der Waals surface area contributed by atoms with Crippen LogP contribution in [0.25, 0.3) is 11.0 Å². The molecular formula is C10H9Cl2N5O. The van der Waals surface area contributed by atoms with Gasteiger partial charge in [0, 0.05) is 13.1 Å². The van der Waals surface area contributed by atoms with Crippen LogP contribution in [0.15, 0.2) is 6.33 Å². The zero-order valence-electron chi connectivity index (χ0n) is 9.31. The third kappa shape index (κ3) is 2.07. The minimum Gasteiger partial charge on any atom is -0.378 e. The SMILES string of the molecule is Clc1nc(N2CCOCC2)c2ncnc(Cl)c2n1. The van der Waals surface area contributed by atoms with Crippen LogP contribution in [0.5, 0.6) is 0 Å². The quantitative estimate of drug-likeness (QED) is 0.585. The second-order valence-electron chi connectivity index (χ2n) is 3.78. The molecule has 0 radical (unpaired) electrons. The van der Waals surface area contributed by atoms with E-state index in [0.717, 1.165) is 13.1 Å². The third-order valence-electron chi connectivity index (χ3n) is 2.70. The van der Waals surface area contributed by atoms with E-state index in [1.54, 1.807) is 0 Å². The highest BCUT2D eigenvalue weighted by atomic mass is 35.5. The van der Waals surface area contributed by atoms with E-state index in [2.05, 4.69) is 24.8 Å². The summed E-state index contributed by atoms with van der Waals surface area (Å²) in [6.07, 6.45) is 1.39. The lowest BCUT2D eigenvalue weighted by Gasteiger charge is -2.28. The zero-order valence-corrected chi connectivity index (χ0v) is 10.8. The van der Waals surface area contributed by atoms with Crippen LogP contribution in [0.2, 0.25) is 10.4 Å². The number of nitrogens with zero attached hydrogens (tertiary/aromatic N) is 5. The van der Waals surface area contributed by atoms with Crippen LogP contribution in [-0.2, 0) is 4.74 Å². The summed E-state index contributed by atoms with van der Waals surface area (Å²) in [4.78, 5) is 18.5. The molecule has 0 atom stereocenters. The molecule has 94 valence electrons. The van der Waals surface area contributed by atoms with Gasteiger partial charge in [-0.2, -0.15) is 4.98 Å². The monoisotopic (exact) mass is 285 g/mol. The number of halogens is 2. The molecule has 0 aliphatic carbocycles. The summed E-state index contributed by atoms with van der Waals surface area (Å²) < 4.78 is 5.31. The standard InChI is InChI=1S/C10H9Cl2N5O/c11-8-6-7(13-5-14-8)9(16-10(12)15-6)17-1-3-18-4-2-17/h5H,1-4H2. The number of aromatic nitrogens is 4. The van der Waals surface area contributed by atoms with Crippen LogP contribution in [0.3, 0.4) is 0 Å². The van der Waals surface area contributed by atoms with Crippen molar-refractivity contribution in [3.63, 3.8) is 0 Å². The predicted octanol–water partition coefficient (Wildman–Crippen LogP) is 1.56. The summed E-state index contributed by atoms with van der Waals surface area (Å²) in [5.74, 6) is 0.678. The number of hydrogen-bond acceptors (Lipinski definition) is 6. The number of rotatable bonds is 1. The van der Waals surface area contributed by atoms with Gasteiger partial charge < -0.3 is 9.64 Å². The topological polar surface area (TPSA) is 64.0 Å². The van der Waals surface area contributed by atoms with E-state index in [1.165, 1.54) is 6.33 Å². The van der Waals surface area contributed by atoms with Crippen molar-refractivity contribution < 1.29 is 4.74 Å². The Morgan fingerprint density at radius 3 is 2.61 bits per heavy atom. The lowest BCUT2D eigenvalue weighted by molar-refractivity contribution is 0.122. The molecule has 2 aromatic heterocycles. The lowest BCUT2D eigenvalue weighted by atomic mass is 10.3. The molecule has 3 rings (SSSR count). The molecule has 6 nitrogen and oxygen atoms in total. The van der Waals surface area contributed by atoms with Gasteiger partial charge in [-0.05, 0) is 11.6 Å². The number of ether oxygens (including phenoxy) is 1. The number of anilines is 1. The van der Waals surface area contributed by atoms with E-state index < -0.39 is 0 Å². The van der Waals surface area contributed by atoms with Gasteiger partial charge in [0.05, 0.1) is 13.2 Å². The maximum atomic E-state index is 6.00. The molecule has 8 heteroatoms. The summed E-state index contributed by atoms with van der Waals surface area (Å²) in [6, 6.07) is 0. The minimum atomic E-state index is 0.140. The van der Waals surface area contributed by atoms with E-state index in [9.17, 15) is 0 Å². The van der Waals surface area contributed by atoms with Gasteiger partial charge in [0.1, 0.15) is 17.4 Å². The Labute approximate surface area is 113 Å². The number of hydrogen-bond donors (Lipinski definition) is 0.